The molecule has 0 aliphatic carbocycles. The van der Waals surface area contributed by atoms with E-state index in [0.717, 1.165) is 12.8 Å². The van der Waals surface area contributed by atoms with Gasteiger partial charge >= 0.3 is 0 Å². The lowest BCUT2D eigenvalue weighted by molar-refractivity contribution is 0.202. The molecule has 0 aromatic carbocycles. The molecule has 0 amide bonds. The van der Waals surface area contributed by atoms with E-state index in [1.807, 2.05) is 0 Å². The summed E-state index contributed by atoms with van der Waals surface area (Å²) in [5.74, 6) is 0.595. The average molecular weight is 250 g/mol. The first kappa shape index (κ1) is 13.9. The number of aliphatic hydroxyl groups is 1. The number of piperidine rings is 1. The van der Waals surface area contributed by atoms with E-state index >= 15 is 0 Å². The topological polar surface area (TPSA) is 69.6 Å². The summed E-state index contributed by atoms with van der Waals surface area (Å²) in [5.41, 5.74) is -0.804. The molecule has 0 saturated carbocycles. The molecule has 1 aliphatic rings. The van der Waals surface area contributed by atoms with Gasteiger partial charge in [0.2, 0.25) is 0 Å². The monoisotopic (exact) mass is 250 g/mol. The molecule has 1 heterocycles. The van der Waals surface area contributed by atoms with Crippen LogP contribution in [0.3, 0.4) is 0 Å². The third-order valence-corrected chi connectivity index (χ3v) is 4.74. The van der Waals surface area contributed by atoms with E-state index in [1.54, 1.807) is 13.8 Å². The van der Waals surface area contributed by atoms with Crippen LogP contribution in [0.2, 0.25) is 0 Å². The van der Waals surface area contributed by atoms with Gasteiger partial charge in [0, 0.05) is 13.1 Å². The van der Waals surface area contributed by atoms with Gasteiger partial charge in [-0.3, -0.25) is 0 Å². The first-order valence-corrected chi connectivity index (χ1v) is 7.11. The summed E-state index contributed by atoms with van der Waals surface area (Å²) in [6.07, 6.45) is 1.81. The molecule has 6 heteroatoms. The fourth-order valence-corrected chi connectivity index (χ4v) is 3.25. The summed E-state index contributed by atoms with van der Waals surface area (Å²) in [4.78, 5) is 0. The van der Waals surface area contributed by atoms with Gasteiger partial charge in [0.1, 0.15) is 0 Å². The Morgan fingerprint density at radius 2 is 1.88 bits per heavy atom. The maximum absolute atomic E-state index is 12.0. The van der Waals surface area contributed by atoms with Gasteiger partial charge in [-0.15, -0.1) is 0 Å². The van der Waals surface area contributed by atoms with Gasteiger partial charge in [0.25, 0.3) is 10.2 Å². The van der Waals surface area contributed by atoms with Gasteiger partial charge in [-0.25, -0.2) is 0 Å². The standard InChI is InChI=1S/C10H22N2O3S/c1-9-4-6-12(7-5-9)16(14,15)11-10(2,3)8-13/h9,11,13H,4-8H2,1-3H3. The Morgan fingerprint density at radius 3 is 2.31 bits per heavy atom. The minimum atomic E-state index is -3.45. The van der Waals surface area contributed by atoms with Gasteiger partial charge in [0.15, 0.2) is 0 Å². The number of hydrogen-bond acceptors (Lipinski definition) is 3. The Bertz CT molecular complexity index is 319. The van der Waals surface area contributed by atoms with Crippen LogP contribution in [0.4, 0.5) is 0 Å². The lowest BCUT2D eigenvalue weighted by atomic mass is 10.0. The second kappa shape index (κ2) is 5.00. The van der Waals surface area contributed by atoms with Crippen molar-refractivity contribution in [2.24, 2.45) is 5.92 Å². The van der Waals surface area contributed by atoms with E-state index in [2.05, 4.69) is 11.6 Å². The van der Waals surface area contributed by atoms with Crippen molar-refractivity contribution in [3.63, 3.8) is 0 Å². The molecule has 0 spiro atoms. The number of hydrogen-bond donors (Lipinski definition) is 2. The highest BCUT2D eigenvalue weighted by Crippen LogP contribution is 2.19. The molecule has 0 aromatic heterocycles. The normalized spacial score (nSPS) is 21.2. The Hall–Kier alpha value is -0.170. The number of nitrogens with one attached hydrogen (secondary N) is 1. The number of rotatable bonds is 4. The molecule has 0 unspecified atom stereocenters. The summed E-state index contributed by atoms with van der Waals surface area (Å²) in [6, 6.07) is 0. The van der Waals surface area contributed by atoms with Crippen molar-refractivity contribution in [1.29, 1.82) is 0 Å². The fourth-order valence-electron chi connectivity index (χ4n) is 1.67. The largest absolute Gasteiger partial charge is 0.394 e. The van der Waals surface area contributed by atoms with E-state index in [0.29, 0.717) is 19.0 Å². The van der Waals surface area contributed by atoms with Gasteiger partial charge < -0.3 is 5.11 Å². The maximum atomic E-state index is 12.0. The number of nitrogens with zero attached hydrogens (tertiary/aromatic N) is 1. The lowest BCUT2D eigenvalue weighted by Gasteiger charge is -2.33. The Balaban J connectivity index is 2.64. The molecular formula is C10H22N2O3S. The highest BCUT2D eigenvalue weighted by Gasteiger charge is 2.31. The third kappa shape index (κ3) is 3.69. The second-order valence-electron chi connectivity index (χ2n) is 5.23. The van der Waals surface area contributed by atoms with Gasteiger partial charge in [-0.05, 0) is 32.6 Å². The van der Waals surface area contributed by atoms with Crippen molar-refractivity contribution in [2.75, 3.05) is 19.7 Å². The third-order valence-electron chi connectivity index (χ3n) is 2.88. The first-order valence-electron chi connectivity index (χ1n) is 5.67. The van der Waals surface area contributed by atoms with E-state index in [9.17, 15) is 8.42 Å². The molecule has 96 valence electrons. The van der Waals surface area contributed by atoms with Gasteiger partial charge in [0.05, 0.1) is 12.1 Å². The predicted octanol–water partition coefficient (Wildman–Crippen LogP) is 0.324. The van der Waals surface area contributed by atoms with E-state index in [-0.39, 0.29) is 6.61 Å². The van der Waals surface area contributed by atoms with Crippen molar-refractivity contribution < 1.29 is 13.5 Å². The molecule has 1 saturated heterocycles. The Morgan fingerprint density at radius 1 is 1.38 bits per heavy atom. The minimum absolute atomic E-state index is 0.212. The zero-order valence-electron chi connectivity index (χ0n) is 10.2. The zero-order chi connectivity index (χ0) is 12.4. The van der Waals surface area contributed by atoms with E-state index in [1.165, 1.54) is 4.31 Å². The summed E-state index contributed by atoms with van der Waals surface area (Å²) in [7, 11) is -3.45. The number of aliphatic hydroxyl groups excluding tert-OH is 1. The first-order chi connectivity index (χ1) is 7.27. The summed E-state index contributed by atoms with van der Waals surface area (Å²) in [6.45, 7) is 6.38. The van der Waals surface area contributed by atoms with Crippen molar-refractivity contribution in [3.8, 4) is 0 Å². The molecule has 0 radical (unpaired) electrons. The second-order valence-corrected chi connectivity index (χ2v) is 6.90. The maximum Gasteiger partial charge on any atom is 0.280 e. The van der Waals surface area contributed by atoms with Gasteiger partial charge in [-0.2, -0.15) is 17.4 Å². The van der Waals surface area contributed by atoms with Crippen molar-refractivity contribution >= 4 is 10.2 Å². The van der Waals surface area contributed by atoms with Crippen LogP contribution < -0.4 is 4.72 Å². The Kier molecular flexibility index (Phi) is 4.34. The molecule has 1 aliphatic heterocycles. The summed E-state index contributed by atoms with van der Waals surface area (Å²) >= 11 is 0. The highest BCUT2D eigenvalue weighted by molar-refractivity contribution is 7.87. The van der Waals surface area contributed by atoms with Crippen LogP contribution in [0.5, 0.6) is 0 Å². The van der Waals surface area contributed by atoms with E-state index in [4.69, 9.17) is 5.11 Å². The Labute approximate surface area is 98.0 Å². The van der Waals surface area contributed by atoms with Crippen LogP contribution in [0.1, 0.15) is 33.6 Å². The molecule has 1 rings (SSSR count). The fraction of sp³-hybridized carbons (Fsp3) is 1.00. The van der Waals surface area contributed by atoms with E-state index < -0.39 is 15.7 Å². The summed E-state index contributed by atoms with van der Waals surface area (Å²) < 4.78 is 27.9. The molecule has 5 nitrogen and oxygen atoms in total. The van der Waals surface area contributed by atoms with Crippen LogP contribution in [0, 0.1) is 5.92 Å². The minimum Gasteiger partial charge on any atom is -0.394 e. The molecule has 0 atom stereocenters. The van der Waals surface area contributed by atoms with Crippen LogP contribution in [-0.2, 0) is 10.2 Å². The zero-order valence-corrected chi connectivity index (χ0v) is 11.0. The summed E-state index contributed by atoms with van der Waals surface area (Å²) in [5, 5.41) is 9.05. The molecule has 0 aromatic rings. The lowest BCUT2D eigenvalue weighted by Crippen LogP contribution is -2.53. The highest BCUT2D eigenvalue weighted by atomic mass is 32.2. The molecule has 16 heavy (non-hydrogen) atoms. The van der Waals surface area contributed by atoms with Crippen molar-refractivity contribution in [1.82, 2.24) is 9.03 Å². The molecule has 0 bridgehead atoms. The molecular weight excluding hydrogens is 228 g/mol. The van der Waals surface area contributed by atoms with Crippen molar-refractivity contribution in [3.05, 3.63) is 0 Å². The quantitative estimate of drug-likeness (QED) is 0.755. The smallest absolute Gasteiger partial charge is 0.280 e. The van der Waals surface area contributed by atoms with Crippen LogP contribution in [0.15, 0.2) is 0 Å². The average Bonchev–Trinajstić information content (AvgIpc) is 2.17. The molecule has 1 fully saturated rings. The van der Waals surface area contributed by atoms with Crippen LogP contribution >= 0.6 is 0 Å². The SMILES string of the molecule is CC1CCN(S(=O)(=O)NC(C)(C)CO)CC1. The predicted molar refractivity (Wildman–Crippen MR) is 63.2 cm³/mol. The van der Waals surface area contributed by atoms with Crippen LogP contribution in [-0.4, -0.2) is 43.1 Å². The van der Waals surface area contributed by atoms with Crippen LogP contribution in [0.25, 0.3) is 0 Å². The van der Waals surface area contributed by atoms with Crippen molar-refractivity contribution in [2.45, 2.75) is 39.2 Å². The molecule has 2 N–H and O–H groups in total. The van der Waals surface area contributed by atoms with Gasteiger partial charge in [-0.1, -0.05) is 6.92 Å².